The maximum Gasteiger partial charge on any atom is 0.0795 e. The highest BCUT2D eigenvalue weighted by molar-refractivity contribution is 7.98. The standard InChI is InChI=1S/C8H14N2S2/c1-2-7(9)3-11-4-8-5-12-6-10-8/h5-7H,2-4,9H2,1H3. The summed E-state index contributed by atoms with van der Waals surface area (Å²) in [7, 11) is 0. The van der Waals surface area contributed by atoms with Gasteiger partial charge in [0.15, 0.2) is 0 Å². The van der Waals surface area contributed by atoms with Gasteiger partial charge in [-0.1, -0.05) is 6.92 Å². The van der Waals surface area contributed by atoms with Crippen LogP contribution in [0.5, 0.6) is 0 Å². The number of thioether (sulfide) groups is 1. The molecule has 12 heavy (non-hydrogen) atoms. The SMILES string of the molecule is CCC(N)CSCc1cscn1. The van der Waals surface area contributed by atoms with Crippen LogP contribution in [0.25, 0.3) is 0 Å². The van der Waals surface area contributed by atoms with Crippen molar-refractivity contribution in [3.05, 3.63) is 16.6 Å². The Bertz CT molecular complexity index is 199. The van der Waals surface area contributed by atoms with Gasteiger partial charge in [0.2, 0.25) is 0 Å². The van der Waals surface area contributed by atoms with Crippen LogP contribution in [0.3, 0.4) is 0 Å². The predicted molar refractivity (Wildman–Crippen MR) is 56.5 cm³/mol. The van der Waals surface area contributed by atoms with Crippen LogP contribution in [-0.4, -0.2) is 16.8 Å². The summed E-state index contributed by atoms with van der Waals surface area (Å²) in [4.78, 5) is 4.20. The Morgan fingerprint density at radius 2 is 2.58 bits per heavy atom. The van der Waals surface area contributed by atoms with Crippen molar-refractivity contribution in [3.8, 4) is 0 Å². The van der Waals surface area contributed by atoms with E-state index in [-0.39, 0.29) is 0 Å². The largest absolute Gasteiger partial charge is 0.327 e. The molecule has 4 heteroatoms. The molecular formula is C8H14N2S2. The van der Waals surface area contributed by atoms with Gasteiger partial charge in [0.25, 0.3) is 0 Å². The third-order valence-electron chi connectivity index (χ3n) is 1.59. The summed E-state index contributed by atoms with van der Waals surface area (Å²) in [6, 6.07) is 0.341. The Balaban J connectivity index is 2.11. The molecule has 0 aliphatic heterocycles. The van der Waals surface area contributed by atoms with Crippen molar-refractivity contribution in [1.29, 1.82) is 0 Å². The Labute approximate surface area is 81.6 Å². The maximum atomic E-state index is 5.77. The molecule has 1 aromatic heterocycles. The third kappa shape index (κ3) is 3.56. The van der Waals surface area contributed by atoms with Gasteiger partial charge < -0.3 is 5.73 Å². The van der Waals surface area contributed by atoms with Crippen LogP contribution in [0.4, 0.5) is 0 Å². The van der Waals surface area contributed by atoms with Gasteiger partial charge in [0.1, 0.15) is 0 Å². The van der Waals surface area contributed by atoms with Crippen LogP contribution in [0.2, 0.25) is 0 Å². The van der Waals surface area contributed by atoms with Gasteiger partial charge >= 0.3 is 0 Å². The highest BCUT2D eigenvalue weighted by Gasteiger charge is 2.00. The van der Waals surface area contributed by atoms with Gasteiger partial charge in [-0.2, -0.15) is 11.8 Å². The second-order valence-electron chi connectivity index (χ2n) is 2.66. The van der Waals surface area contributed by atoms with Crippen LogP contribution >= 0.6 is 23.1 Å². The second-order valence-corrected chi connectivity index (χ2v) is 4.41. The maximum absolute atomic E-state index is 5.77. The van der Waals surface area contributed by atoms with E-state index in [1.807, 2.05) is 17.3 Å². The lowest BCUT2D eigenvalue weighted by molar-refractivity contribution is 0.724. The van der Waals surface area contributed by atoms with Crippen molar-refractivity contribution in [2.75, 3.05) is 5.75 Å². The molecule has 0 saturated carbocycles. The predicted octanol–water partition coefficient (Wildman–Crippen LogP) is 2.11. The first-order valence-corrected chi connectivity index (χ1v) is 6.13. The normalized spacial score (nSPS) is 13.2. The van der Waals surface area contributed by atoms with Crippen molar-refractivity contribution in [2.45, 2.75) is 25.1 Å². The molecule has 0 radical (unpaired) electrons. The topological polar surface area (TPSA) is 38.9 Å². The highest BCUT2D eigenvalue weighted by Crippen LogP contribution is 2.13. The molecule has 1 atom stereocenters. The molecule has 1 aromatic rings. The summed E-state index contributed by atoms with van der Waals surface area (Å²) < 4.78 is 0. The van der Waals surface area contributed by atoms with E-state index in [1.54, 1.807) is 11.3 Å². The molecule has 2 nitrogen and oxygen atoms in total. The molecule has 0 spiro atoms. The highest BCUT2D eigenvalue weighted by atomic mass is 32.2. The van der Waals surface area contributed by atoms with Crippen molar-refractivity contribution < 1.29 is 0 Å². The number of thiazole rings is 1. The summed E-state index contributed by atoms with van der Waals surface area (Å²) in [5.74, 6) is 2.03. The monoisotopic (exact) mass is 202 g/mol. The van der Waals surface area contributed by atoms with Crippen LogP contribution in [0.1, 0.15) is 19.0 Å². The summed E-state index contributed by atoms with van der Waals surface area (Å²) in [6.45, 7) is 2.12. The number of nitrogens with zero attached hydrogens (tertiary/aromatic N) is 1. The zero-order valence-corrected chi connectivity index (χ0v) is 8.83. The molecular weight excluding hydrogens is 188 g/mol. The van der Waals surface area contributed by atoms with E-state index in [0.717, 1.165) is 17.9 Å². The zero-order chi connectivity index (χ0) is 8.81. The average molecular weight is 202 g/mol. The van der Waals surface area contributed by atoms with E-state index < -0.39 is 0 Å². The lowest BCUT2D eigenvalue weighted by Crippen LogP contribution is -2.21. The van der Waals surface area contributed by atoms with Gasteiger partial charge in [0.05, 0.1) is 11.2 Å². The number of rotatable bonds is 5. The summed E-state index contributed by atoms with van der Waals surface area (Å²) in [5.41, 5.74) is 8.82. The summed E-state index contributed by atoms with van der Waals surface area (Å²) in [6.07, 6.45) is 1.06. The molecule has 68 valence electrons. The van der Waals surface area contributed by atoms with Crippen LogP contribution < -0.4 is 5.73 Å². The quantitative estimate of drug-likeness (QED) is 0.795. The third-order valence-corrected chi connectivity index (χ3v) is 3.39. The molecule has 2 N–H and O–H groups in total. The van der Waals surface area contributed by atoms with Crippen molar-refractivity contribution in [2.24, 2.45) is 5.73 Å². The summed E-state index contributed by atoms with van der Waals surface area (Å²) >= 11 is 3.51. The van der Waals surface area contributed by atoms with Gasteiger partial charge in [-0.25, -0.2) is 4.98 Å². The Morgan fingerprint density at radius 3 is 3.17 bits per heavy atom. The number of aromatic nitrogens is 1. The number of hydrogen-bond donors (Lipinski definition) is 1. The molecule has 0 bridgehead atoms. The minimum atomic E-state index is 0.341. The molecule has 0 fully saturated rings. The Morgan fingerprint density at radius 1 is 1.75 bits per heavy atom. The van der Waals surface area contributed by atoms with Crippen LogP contribution in [-0.2, 0) is 5.75 Å². The fourth-order valence-corrected chi connectivity index (χ4v) is 2.43. The zero-order valence-electron chi connectivity index (χ0n) is 7.19. The van der Waals surface area contributed by atoms with Gasteiger partial charge in [-0.05, 0) is 6.42 Å². The first kappa shape index (κ1) is 10.0. The second kappa shape index (κ2) is 5.56. The molecule has 0 aliphatic carbocycles. The van der Waals surface area contributed by atoms with Crippen LogP contribution in [0, 0.1) is 0 Å². The number of nitrogens with two attached hydrogens (primary N) is 1. The lowest BCUT2D eigenvalue weighted by Gasteiger charge is -2.06. The molecule has 1 heterocycles. The smallest absolute Gasteiger partial charge is 0.0795 e. The fourth-order valence-electron chi connectivity index (χ4n) is 0.742. The molecule has 1 rings (SSSR count). The van der Waals surface area contributed by atoms with E-state index in [0.29, 0.717) is 6.04 Å². The van der Waals surface area contributed by atoms with E-state index in [1.165, 1.54) is 5.69 Å². The minimum Gasteiger partial charge on any atom is -0.327 e. The first-order valence-electron chi connectivity index (χ1n) is 4.03. The summed E-state index contributed by atoms with van der Waals surface area (Å²) in [5, 5.41) is 2.09. The van der Waals surface area contributed by atoms with Gasteiger partial charge in [0, 0.05) is 22.9 Å². The Kier molecular flexibility index (Phi) is 4.65. The molecule has 0 aromatic carbocycles. The minimum absolute atomic E-state index is 0.341. The first-order chi connectivity index (χ1) is 5.83. The molecule has 0 aliphatic rings. The average Bonchev–Trinajstić information content (AvgIpc) is 2.57. The van der Waals surface area contributed by atoms with Crippen molar-refractivity contribution in [3.63, 3.8) is 0 Å². The number of hydrogen-bond acceptors (Lipinski definition) is 4. The van der Waals surface area contributed by atoms with Crippen LogP contribution in [0.15, 0.2) is 10.9 Å². The van der Waals surface area contributed by atoms with Gasteiger partial charge in [-0.3, -0.25) is 0 Å². The van der Waals surface area contributed by atoms with Gasteiger partial charge in [-0.15, -0.1) is 11.3 Å². The van der Waals surface area contributed by atoms with E-state index in [4.69, 9.17) is 5.73 Å². The fraction of sp³-hybridized carbons (Fsp3) is 0.625. The van der Waals surface area contributed by atoms with Crippen molar-refractivity contribution >= 4 is 23.1 Å². The molecule has 1 unspecified atom stereocenters. The molecule has 0 saturated heterocycles. The van der Waals surface area contributed by atoms with E-state index in [9.17, 15) is 0 Å². The lowest BCUT2D eigenvalue weighted by atomic mass is 10.3. The van der Waals surface area contributed by atoms with E-state index in [2.05, 4.69) is 17.3 Å². The Hall–Kier alpha value is -0.0600. The van der Waals surface area contributed by atoms with E-state index >= 15 is 0 Å². The molecule has 0 amide bonds. The van der Waals surface area contributed by atoms with Crippen molar-refractivity contribution in [1.82, 2.24) is 4.98 Å².